The molecule has 0 spiro atoms. The average Bonchev–Trinajstić information content (AvgIpc) is 2.78. The van der Waals surface area contributed by atoms with E-state index in [2.05, 4.69) is 10.6 Å². The maximum absolute atomic E-state index is 12.1. The van der Waals surface area contributed by atoms with Gasteiger partial charge in [0, 0.05) is 24.8 Å². The fourth-order valence-corrected chi connectivity index (χ4v) is 2.71. The van der Waals surface area contributed by atoms with Gasteiger partial charge in [-0.05, 0) is 17.5 Å². The van der Waals surface area contributed by atoms with Crippen LogP contribution in [0.1, 0.15) is 50.8 Å². The Kier molecular flexibility index (Phi) is 5.42. The number of benzene rings is 1. The number of aliphatic hydroxyl groups is 1. The van der Waals surface area contributed by atoms with Crippen LogP contribution in [0.5, 0.6) is 0 Å². The van der Waals surface area contributed by atoms with Crippen molar-refractivity contribution < 1.29 is 14.7 Å². The smallest absolute Gasteiger partial charge is 0.225 e. The van der Waals surface area contributed by atoms with Gasteiger partial charge >= 0.3 is 0 Å². The van der Waals surface area contributed by atoms with Crippen molar-refractivity contribution in [2.75, 3.05) is 6.54 Å². The third kappa shape index (κ3) is 4.55. The molecule has 126 valence electrons. The Labute approximate surface area is 137 Å². The number of carbonyl (C=O) groups is 2. The summed E-state index contributed by atoms with van der Waals surface area (Å²) in [6.45, 7) is 6.04. The molecule has 2 amide bonds. The lowest BCUT2D eigenvalue weighted by Crippen LogP contribution is -2.36. The van der Waals surface area contributed by atoms with Crippen molar-refractivity contribution in [3.05, 3.63) is 35.4 Å². The SMILES string of the molecule is CC(C)(C)C(=O)NCCCC(=O)NC1c2ccccc2CC1O. The molecule has 0 heterocycles. The lowest BCUT2D eigenvalue weighted by molar-refractivity contribution is -0.128. The zero-order valence-electron chi connectivity index (χ0n) is 14.1. The number of rotatable bonds is 5. The van der Waals surface area contributed by atoms with Crippen LogP contribution in [0.4, 0.5) is 0 Å². The highest BCUT2D eigenvalue weighted by Gasteiger charge is 2.31. The molecule has 2 unspecified atom stereocenters. The molecule has 1 aliphatic rings. The number of amides is 2. The van der Waals surface area contributed by atoms with Crippen molar-refractivity contribution in [3.63, 3.8) is 0 Å². The quantitative estimate of drug-likeness (QED) is 0.723. The van der Waals surface area contributed by atoms with E-state index in [-0.39, 0.29) is 17.9 Å². The highest BCUT2D eigenvalue weighted by Crippen LogP contribution is 2.31. The number of hydrogen-bond donors (Lipinski definition) is 3. The third-order valence-electron chi connectivity index (χ3n) is 4.07. The first-order chi connectivity index (χ1) is 10.8. The molecule has 0 fully saturated rings. The van der Waals surface area contributed by atoms with Gasteiger partial charge in [0.2, 0.25) is 11.8 Å². The molecule has 0 bridgehead atoms. The molecule has 5 heteroatoms. The molecule has 1 aromatic rings. The molecule has 0 aliphatic heterocycles. The normalized spacial score (nSPS) is 20.0. The number of fused-ring (bicyclic) bond motifs is 1. The first kappa shape index (κ1) is 17.5. The summed E-state index contributed by atoms with van der Waals surface area (Å²) in [6, 6.07) is 7.45. The van der Waals surface area contributed by atoms with Crippen LogP contribution in [-0.2, 0) is 16.0 Å². The van der Waals surface area contributed by atoms with E-state index in [1.165, 1.54) is 0 Å². The number of aliphatic hydroxyl groups excluding tert-OH is 1. The first-order valence-corrected chi connectivity index (χ1v) is 8.12. The van der Waals surface area contributed by atoms with E-state index < -0.39 is 11.5 Å². The lowest BCUT2D eigenvalue weighted by atomic mass is 9.96. The monoisotopic (exact) mass is 318 g/mol. The summed E-state index contributed by atoms with van der Waals surface area (Å²) in [5.41, 5.74) is 1.66. The van der Waals surface area contributed by atoms with Crippen molar-refractivity contribution in [2.24, 2.45) is 5.41 Å². The minimum atomic E-state index is -0.572. The lowest BCUT2D eigenvalue weighted by Gasteiger charge is -2.19. The van der Waals surface area contributed by atoms with Gasteiger partial charge in [0.15, 0.2) is 0 Å². The Morgan fingerprint density at radius 3 is 2.65 bits per heavy atom. The number of carbonyl (C=O) groups excluding carboxylic acids is 2. The van der Waals surface area contributed by atoms with Crippen LogP contribution in [-0.4, -0.2) is 29.6 Å². The van der Waals surface area contributed by atoms with Crippen LogP contribution < -0.4 is 10.6 Å². The molecule has 0 saturated heterocycles. The van der Waals surface area contributed by atoms with E-state index in [4.69, 9.17) is 0 Å². The van der Waals surface area contributed by atoms with Gasteiger partial charge in [-0.3, -0.25) is 9.59 Å². The van der Waals surface area contributed by atoms with E-state index in [9.17, 15) is 14.7 Å². The van der Waals surface area contributed by atoms with Crippen LogP contribution in [0.15, 0.2) is 24.3 Å². The van der Waals surface area contributed by atoms with E-state index in [1.54, 1.807) is 0 Å². The Hall–Kier alpha value is -1.88. The maximum Gasteiger partial charge on any atom is 0.225 e. The first-order valence-electron chi connectivity index (χ1n) is 8.12. The Morgan fingerprint density at radius 2 is 1.96 bits per heavy atom. The topological polar surface area (TPSA) is 78.4 Å². The van der Waals surface area contributed by atoms with Crippen LogP contribution in [0.25, 0.3) is 0 Å². The molecule has 5 nitrogen and oxygen atoms in total. The highest BCUT2D eigenvalue weighted by atomic mass is 16.3. The van der Waals surface area contributed by atoms with Crippen LogP contribution >= 0.6 is 0 Å². The molecule has 2 rings (SSSR count). The molecule has 0 saturated carbocycles. The van der Waals surface area contributed by atoms with Crippen molar-refractivity contribution >= 4 is 11.8 Å². The summed E-state index contributed by atoms with van der Waals surface area (Å²) in [6.07, 6.45) is 0.911. The molecule has 0 radical (unpaired) electrons. The van der Waals surface area contributed by atoms with Gasteiger partial charge in [0.1, 0.15) is 0 Å². The summed E-state index contributed by atoms with van der Waals surface area (Å²) in [7, 11) is 0. The van der Waals surface area contributed by atoms with Crippen molar-refractivity contribution in [1.82, 2.24) is 10.6 Å². The molecule has 3 N–H and O–H groups in total. The Morgan fingerprint density at radius 1 is 1.26 bits per heavy atom. The number of nitrogens with one attached hydrogen (secondary N) is 2. The molecular formula is C18H26N2O3. The third-order valence-corrected chi connectivity index (χ3v) is 4.07. The largest absolute Gasteiger partial charge is 0.390 e. The molecule has 1 aromatic carbocycles. The molecule has 1 aliphatic carbocycles. The Bertz CT molecular complexity index is 578. The van der Waals surface area contributed by atoms with Crippen molar-refractivity contribution in [3.8, 4) is 0 Å². The van der Waals surface area contributed by atoms with Crippen LogP contribution in [0.3, 0.4) is 0 Å². The second-order valence-electron chi connectivity index (χ2n) is 7.12. The molecule has 23 heavy (non-hydrogen) atoms. The maximum atomic E-state index is 12.1. The van der Waals surface area contributed by atoms with Crippen molar-refractivity contribution in [1.29, 1.82) is 0 Å². The predicted molar refractivity (Wildman–Crippen MR) is 88.7 cm³/mol. The van der Waals surface area contributed by atoms with E-state index >= 15 is 0 Å². The highest BCUT2D eigenvalue weighted by molar-refractivity contribution is 5.81. The minimum absolute atomic E-state index is 0.0157. The standard InChI is InChI=1S/C18H26N2O3/c1-18(2,3)17(23)19-10-6-9-15(22)20-16-13-8-5-4-7-12(13)11-14(16)21/h4-5,7-8,14,16,21H,6,9-11H2,1-3H3,(H,19,23)(H,20,22). The fraction of sp³-hybridized carbons (Fsp3) is 0.556. The Balaban J connectivity index is 1.77. The van der Waals surface area contributed by atoms with Gasteiger partial charge in [-0.2, -0.15) is 0 Å². The van der Waals surface area contributed by atoms with E-state index in [0.717, 1.165) is 11.1 Å². The zero-order valence-corrected chi connectivity index (χ0v) is 14.1. The summed E-state index contributed by atoms with van der Waals surface area (Å²) < 4.78 is 0. The van der Waals surface area contributed by atoms with Gasteiger partial charge in [0.25, 0.3) is 0 Å². The zero-order chi connectivity index (χ0) is 17.0. The van der Waals surface area contributed by atoms with E-state index in [1.807, 2.05) is 45.0 Å². The van der Waals surface area contributed by atoms with Crippen LogP contribution in [0, 0.1) is 5.41 Å². The summed E-state index contributed by atoms with van der Waals surface area (Å²) in [4.78, 5) is 23.8. The van der Waals surface area contributed by atoms with Crippen molar-refractivity contribution in [2.45, 2.75) is 52.2 Å². The van der Waals surface area contributed by atoms with Gasteiger partial charge < -0.3 is 15.7 Å². The summed E-state index contributed by atoms with van der Waals surface area (Å²) >= 11 is 0. The average molecular weight is 318 g/mol. The fourth-order valence-electron chi connectivity index (χ4n) is 2.71. The molecular weight excluding hydrogens is 292 g/mol. The van der Waals surface area contributed by atoms with Gasteiger partial charge in [-0.1, -0.05) is 45.0 Å². The summed E-state index contributed by atoms with van der Waals surface area (Å²) in [5, 5.41) is 15.9. The minimum Gasteiger partial charge on any atom is -0.390 e. The van der Waals surface area contributed by atoms with Gasteiger partial charge in [-0.25, -0.2) is 0 Å². The second-order valence-corrected chi connectivity index (χ2v) is 7.12. The predicted octanol–water partition coefficient (Wildman–Crippen LogP) is 1.70. The van der Waals surface area contributed by atoms with Gasteiger partial charge in [-0.15, -0.1) is 0 Å². The number of hydrogen-bond acceptors (Lipinski definition) is 3. The van der Waals surface area contributed by atoms with Gasteiger partial charge in [0.05, 0.1) is 12.1 Å². The summed E-state index contributed by atoms with van der Waals surface area (Å²) in [5.74, 6) is -0.117. The van der Waals surface area contributed by atoms with E-state index in [0.29, 0.717) is 25.8 Å². The second kappa shape index (κ2) is 7.13. The molecule has 0 aromatic heterocycles. The molecule has 2 atom stereocenters. The van der Waals surface area contributed by atoms with Crippen LogP contribution in [0.2, 0.25) is 0 Å².